The van der Waals surface area contributed by atoms with Crippen molar-refractivity contribution in [2.45, 2.75) is 39.5 Å². The molecule has 1 heterocycles. The Labute approximate surface area is 151 Å². The predicted octanol–water partition coefficient (Wildman–Crippen LogP) is 5.36. The Bertz CT molecular complexity index is 979. The van der Waals surface area contributed by atoms with Crippen molar-refractivity contribution in [2.75, 3.05) is 0 Å². The number of nitrogens with zero attached hydrogens (tertiary/aromatic N) is 1. The van der Waals surface area contributed by atoms with Gasteiger partial charge in [-0.25, -0.2) is 4.57 Å². The molecular weight excluding hydrogens is 302 g/mol. The zero-order valence-electron chi connectivity index (χ0n) is 15.9. The van der Waals surface area contributed by atoms with Crippen LogP contribution in [-0.4, -0.2) is 0 Å². The topological polar surface area (TPSA) is 3.88 Å². The average molecular weight is 328 g/mol. The van der Waals surface area contributed by atoms with Crippen LogP contribution in [-0.2, 0) is 18.9 Å². The molecule has 0 radical (unpaired) electrons. The monoisotopic (exact) mass is 328 g/mol. The largest absolute Gasteiger partial charge is 0.213 e. The summed E-state index contributed by atoms with van der Waals surface area (Å²) >= 11 is 0. The van der Waals surface area contributed by atoms with Crippen molar-refractivity contribution in [3.8, 4) is 22.4 Å². The fourth-order valence-electron chi connectivity index (χ4n) is 4.47. The summed E-state index contributed by atoms with van der Waals surface area (Å²) in [4.78, 5) is 0. The third-order valence-corrected chi connectivity index (χ3v) is 5.93. The first-order valence-electron chi connectivity index (χ1n) is 9.18. The Kier molecular flexibility index (Phi) is 3.57. The van der Waals surface area contributed by atoms with E-state index in [-0.39, 0.29) is 5.41 Å². The number of benzene rings is 2. The average Bonchev–Trinajstić information content (AvgIpc) is 2.83. The van der Waals surface area contributed by atoms with Gasteiger partial charge in [0.1, 0.15) is 7.05 Å². The molecule has 0 atom stereocenters. The van der Waals surface area contributed by atoms with Gasteiger partial charge in [0.2, 0.25) is 5.69 Å². The van der Waals surface area contributed by atoms with Gasteiger partial charge in [0, 0.05) is 23.1 Å². The van der Waals surface area contributed by atoms with E-state index in [4.69, 9.17) is 0 Å². The second kappa shape index (κ2) is 5.56. The maximum Gasteiger partial charge on any atom is 0.213 e. The molecule has 0 bridgehead atoms. The Balaban J connectivity index is 2.18. The molecule has 1 nitrogen and oxygen atoms in total. The number of hydrogen-bond donors (Lipinski definition) is 0. The first kappa shape index (κ1) is 16.1. The fraction of sp³-hybridized carbons (Fsp3) is 0.292. The molecular formula is C24H26N+. The van der Waals surface area contributed by atoms with Gasteiger partial charge in [0.25, 0.3) is 0 Å². The number of aryl methyl sites for hydroxylation is 2. The summed E-state index contributed by atoms with van der Waals surface area (Å²) in [5.74, 6) is 0. The van der Waals surface area contributed by atoms with Crippen LogP contribution in [0.5, 0.6) is 0 Å². The number of hydrogen-bond acceptors (Lipinski definition) is 0. The second-order valence-electron chi connectivity index (χ2n) is 7.68. The quantitative estimate of drug-likeness (QED) is 0.558. The number of rotatable bonds is 2. The molecule has 0 amide bonds. The summed E-state index contributed by atoms with van der Waals surface area (Å²) in [5.41, 5.74) is 11.3. The third kappa shape index (κ3) is 2.18. The highest BCUT2D eigenvalue weighted by Gasteiger charge is 2.38. The zero-order valence-corrected chi connectivity index (χ0v) is 15.9. The van der Waals surface area contributed by atoms with Crippen LogP contribution in [0.3, 0.4) is 0 Å². The molecule has 1 aromatic heterocycles. The highest BCUT2D eigenvalue weighted by molar-refractivity contribution is 5.93. The van der Waals surface area contributed by atoms with E-state index < -0.39 is 0 Å². The van der Waals surface area contributed by atoms with E-state index in [1.165, 1.54) is 44.6 Å². The minimum absolute atomic E-state index is 0.0473. The molecule has 4 rings (SSSR count). The Morgan fingerprint density at radius 2 is 1.64 bits per heavy atom. The molecule has 0 spiro atoms. The van der Waals surface area contributed by atoms with E-state index in [2.05, 4.69) is 94.0 Å². The minimum atomic E-state index is 0.0473. The molecule has 25 heavy (non-hydrogen) atoms. The van der Waals surface area contributed by atoms with Crippen LogP contribution >= 0.6 is 0 Å². The summed E-state index contributed by atoms with van der Waals surface area (Å²) in [6, 6.07) is 17.9. The van der Waals surface area contributed by atoms with Crippen molar-refractivity contribution in [3.63, 3.8) is 0 Å². The van der Waals surface area contributed by atoms with Crippen LogP contribution in [0.15, 0.2) is 54.7 Å². The number of pyridine rings is 1. The van der Waals surface area contributed by atoms with Crippen LogP contribution in [0.25, 0.3) is 22.4 Å². The van der Waals surface area contributed by atoms with Gasteiger partial charge in [0.15, 0.2) is 6.20 Å². The normalized spacial score (nSPS) is 14.3. The van der Waals surface area contributed by atoms with Crippen molar-refractivity contribution in [3.05, 3.63) is 77.0 Å². The van der Waals surface area contributed by atoms with Crippen LogP contribution < -0.4 is 4.57 Å². The van der Waals surface area contributed by atoms with Gasteiger partial charge in [-0.2, -0.15) is 0 Å². The van der Waals surface area contributed by atoms with Crippen molar-refractivity contribution >= 4 is 0 Å². The molecule has 0 fully saturated rings. The summed E-state index contributed by atoms with van der Waals surface area (Å²) in [6.07, 6.45) is 3.21. The van der Waals surface area contributed by atoms with E-state index in [1.54, 1.807) is 0 Å². The summed E-state index contributed by atoms with van der Waals surface area (Å²) < 4.78 is 2.25. The maximum atomic E-state index is 2.46. The summed E-state index contributed by atoms with van der Waals surface area (Å²) in [6.45, 7) is 9.27. The lowest BCUT2D eigenvalue weighted by atomic mass is 9.80. The van der Waals surface area contributed by atoms with E-state index in [1.807, 2.05) is 0 Å². The third-order valence-electron chi connectivity index (χ3n) is 5.93. The lowest BCUT2D eigenvalue weighted by molar-refractivity contribution is -0.660. The highest BCUT2D eigenvalue weighted by Crippen LogP contribution is 2.53. The number of fused-ring (bicyclic) bond motifs is 3. The lowest BCUT2D eigenvalue weighted by Gasteiger charge is -2.23. The first-order valence-corrected chi connectivity index (χ1v) is 9.18. The minimum Gasteiger partial charge on any atom is -0.201 e. The molecule has 2 aromatic carbocycles. The predicted molar refractivity (Wildman–Crippen MR) is 105 cm³/mol. The van der Waals surface area contributed by atoms with E-state index in [0.717, 1.165) is 6.42 Å². The molecule has 0 N–H and O–H groups in total. The van der Waals surface area contributed by atoms with Gasteiger partial charge >= 0.3 is 0 Å². The summed E-state index contributed by atoms with van der Waals surface area (Å²) in [5, 5.41) is 0. The van der Waals surface area contributed by atoms with Gasteiger partial charge in [-0.1, -0.05) is 51.1 Å². The Morgan fingerprint density at radius 3 is 2.36 bits per heavy atom. The lowest BCUT2D eigenvalue weighted by Crippen LogP contribution is -2.30. The molecule has 3 aromatic rings. The first-order chi connectivity index (χ1) is 12.0. The van der Waals surface area contributed by atoms with Gasteiger partial charge < -0.3 is 0 Å². The fourth-order valence-corrected chi connectivity index (χ4v) is 4.47. The highest BCUT2D eigenvalue weighted by atomic mass is 14.9. The van der Waals surface area contributed by atoms with Crippen LogP contribution in [0.4, 0.5) is 0 Å². The van der Waals surface area contributed by atoms with Gasteiger partial charge in [0.05, 0.1) is 5.56 Å². The van der Waals surface area contributed by atoms with E-state index in [0.29, 0.717) is 0 Å². The molecule has 126 valence electrons. The second-order valence-corrected chi connectivity index (χ2v) is 7.68. The SMILES string of the molecule is CCc1cc2c(c(-c3cccc[n+]3C)c1C)-c1ccccc1C2(C)C. The molecule has 0 unspecified atom stereocenters. The van der Waals surface area contributed by atoms with Crippen LogP contribution in [0.2, 0.25) is 0 Å². The van der Waals surface area contributed by atoms with Crippen molar-refractivity contribution in [1.29, 1.82) is 0 Å². The smallest absolute Gasteiger partial charge is 0.201 e. The van der Waals surface area contributed by atoms with Gasteiger partial charge in [-0.05, 0) is 47.2 Å². The van der Waals surface area contributed by atoms with E-state index >= 15 is 0 Å². The Morgan fingerprint density at radius 1 is 0.920 bits per heavy atom. The molecule has 0 saturated carbocycles. The Hall–Kier alpha value is -2.41. The van der Waals surface area contributed by atoms with Gasteiger partial charge in [-0.15, -0.1) is 0 Å². The molecule has 1 aliphatic carbocycles. The summed E-state index contributed by atoms with van der Waals surface area (Å²) in [7, 11) is 2.14. The van der Waals surface area contributed by atoms with E-state index in [9.17, 15) is 0 Å². The number of aromatic nitrogens is 1. The molecule has 1 heteroatoms. The molecule has 0 aliphatic heterocycles. The van der Waals surface area contributed by atoms with Crippen LogP contribution in [0.1, 0.15) is 43.0 Å². The van der Waals surface area contributed by atoms with Crippen molar-refractivity contribution in [1.82, 2.24) is 0 Å². The van der Waals surface area contributed by atoms with Gasteiger partial charge in [-0.3, -0.25) is 0 Å². The van der Waals surface area contributed by atoms with Crippen molar-refractivity contribution < 1.29 is 4.57 Å². The molecule has 1 aliphatic rings. The van der Waals surface area contributed by atoms with Crippen molar-refractivity contribution in [2.24, 2.45) is 7.05 Å². The standard InChI is InChI=1S/C24H26N/c1-6-17-15-20-23(18-11-7-8-12-19(18)24(20,3)4)22(16(17)2)21-13-9-10-14-25(21)5/h7-15H,6H2,1-5H3/q+1. The maximum absolute atomic E-state index is 2.46. The molecule has 0 saturated heterocycles. The van der Waals surface area contributed by atoms with Crippen LogP contribution in [0, 0.1) is 6.92 Å². The zero-order chi connectivity index (χ0) is 17.8.